The van der Waals surface area contributed by atoms with Crippen molar-refractivity contribution in [2.45, 2.75) is 47.2 Å². The number of nitrogens with two attached hydrogens (primary N) is 1. The highest BCUT2D eigenvalue weighted by atomic mass is 79.9. The molecule has 5 rings (SSSR count). The molecule has 1 aliphatic heterocycles. The number of amides is 2. The van der Waals surface area contributed by atoms with Crippen LogP contribution in [0.4, 0.5) is 38.2 Å². The molecule has 62 heavy (non-hydrogen) atoms. The van der Waals surface area contributed by atoms with Gasteiger partial charge >= 0.3 is 23.6 Å². The fourth-order valence-corrected chi connectivity index (χ4v) is 6.88. The van der Waals surface area contributed by atoms with Crippen LogP contribution in [0.3, 0.4) is 0 Å². The van der Waals surface area contributed by atoms with Crippen LogP contribution in [0.2, 0.25) is 0 Å². The van der Waals surface area contributed by atoms with E-state index < -0.39 is 27.7 Å². The number of benzene rings is 2. The largest absolute Gasteiger partial charge is 0.490 e. The standard InChI is InChI=1S/C18H17Br2N3O5.C18H19BrN4O5.C4H8O.CH4.H2/c2*1-3-8-28-13-7-5-6-12(9-13)11-22(18(24)27-4-2)14-10-15(19)21-17(20)16(14)23(25)26;1-2-4-5-3-1;;/h3,5-7,9-10H,1,4,8,11H2,2H3;3,5-7,9-10H,1,4,8,11H2,2H3,(H2,20,21);1-4H2;1H4;1H/i;;;;1+1. The number of halogens is 3. The number of hydrogen-bond donors (Lipinski definition) is 1. The number of carbonyl (C=O) groups is 2. The van der Waals surface area contributed by atoms with E-state index in [9.17, 15) is 29.8 Å². The Morgan fingerprint density at radius 3 is 1.61 bits per heavy atom. The normalized spacial score (nSPS) is 11.2. The highest BCUT2D eigenvalue weighted by molar-refractivity contribution is 9.11. The van der Waals surface area contributed by atoms with Crippen LogP contribution in [-0.4, -0.2) is 71.6 Å². The van der Waals surface area contributed by atoms with Crippen molar-refractivity contribution in [3.05, 3.63) is 131 Å². The van der Waals surface area contributed by atoms with Crippen molar-refractivity contribution in [3.8, 4) is 11.5 Å². The molecule has 0 aliphatic carbocycles. The summed E-state index contributed by atoms with van der Waals surface area (Å²) in [4.78, 5) is 57.1. The predicted molar refractivity (Wildman–Crippen MR) is 249 cm³/mol. The number of carbonyl (C=O) groups excluding carboxylic acids is 2. The van der Waals surface area contributed by atoms with Crippen LogP contribution in [0, 0.1) is 20.2 Å². The molecule has 0 spiro atoms. The van der Waals surface area contributed by atoms with Gasteiger partial charge in [0.2, 0.25) is 5.82 Å². The minimum Gasteiger partial charge on any atom is -0.490 e. The molecule has 2 aromatic carbocycles. The summed E-state index contributed by atoms with van der Waals surface area (Å²) < 4.78 is 26.7. The fourth-order valence-electron chi connectivity index (χ4n) is 5.30. The number of anilines is 3. The van der Waals surface area contributed by atoms with Gasteiger partial charge in [-0.1, -0.05) is 57.0 Å². The van der Waals surface area contributed by atoms with E-state index in [2.05, 4.69) is 70.9 Å². The zero-order valence-electron chi connectivity index (χ0n) is 33.3. The summed E-state index contributed by atoms with van der Waals surface area (Å²) in [6, 6.07) is 16.8. The lowest BCUT2D eigenvalue weighted by atomic mass is 10.2. The highest BCUT2D eigenvalue weighted by Crippen LogP contribution is 2.38. The first kappa shape index (κ1) is 52.5. The molecular formula is C41H50Br3N7O11. The Kier molecular flexibility index (Phi) is 23.1. The van der Waals surface area contributed by atoms with Crippen molar-refractivity contribution in [2.75, 3.05) is 55.2 Å². The topological polar surface area (TPSA) is 225 Å². The molecule has 3 heterocycles. The maximum absolute atomic E-state index is 12.6. The summed E-state index contributed by atoms with van der Waals surface area (Å²) in [5.74, 6) is 0.852. The minimum absolute atomic E-state index is 0. The molecule has 0 unspecified atom stereocenters. The first-order chi connectivity index (χ1) is 29.2. The second-order valence-electron chi connectivity index (χ2n) is 12.2. The average Bonchev–Trinajstić information content (AvgIpc) is 3.81. The molecule has 1 saturated heterocycles. The number of pyridine rings is 2. The number of nitrogens with zero attached hydrogens (tertiary/aromatic N) is 6. The van der Waals surface area contributed by atoms with Gasteiger partial charge in [0.05, 0.1) is 36.1 Å². The molecule has 0 atom stereocenters. The molecule has 2 aromatic heterocycles. The average molecular weight is 1060 g/mol. The fraction of sp³-hybridized carbons (Fsp3) is 0.317. The van der Waals surface area contributed by atoms with Gasteiger partial charge in [-0.3, -0.25) is 30.0 Å². The molecule has 2 amide bonds. The van der Waals surface area contributed by atoms with E-state index in [1.165, 1.54) is 29.9 Å². The van der Waals surface area contributed by atoms with E-state index in [1.54, 1.807) is 74.5 Å². The Bertz CT molecular complexity index is 2010. The number of rotatable bonds is 16. The van der Waals surface area contributed by atoms with Crippen molar-refractivity contribution < 1.29 is 44.5 Å². The lowest BCUT2D eigenvalue weighted by Crippen LogP contribution is -2.32. The molecule has 21 heteroatoms. The summed E-state index contributed by atoms with van der Waals surface area (Å²) in [5.41, 5.74) is 6.30. The zero-order valence-corrected chi connectivity index (χ0v) is 38.1. The first-order valence-electron chi connectivity index (χ1n) is 18.5. The maximum Gasteiger partial charge on any atom is 0.414 e. The molecule has 336 valence electrons. The monoisotopic (exact) mass is 1050 g/mol. The Balaban J connectivity index is 0.000000549. The Labute approximate surface area is 386 Å². The van der Waals surface area contributed by atoms with Crippen LogP contribution in [-0.2, 0) is 27.3 Å². The summed E-state index contributed by atoms with van der Waals surface area (Å²) in [7, 11) is 0. The number of nitrogen functional groups attached to an aromatic ring is 1. The van der Waals surface area contributed by atoms with Gasteiger partial charge in [-0.2, -0.15) is 0 Å². The summed E-state index contributed by atoms with van der Waals surface area (Å²) in [6.07, 6.45) is 4.32. The summed E-state index contributed by atoms with van der Waals surface area (Å²) in [5, 5.41) is 23.1. The van der Waals surface area contributed by atoms with E-state index in [0.29, 0.717) is 40.4 Å². The zero-order chi connectivity index (χ0) is 44.9. The number of nitro groups is 2. The third-order valence-corrected chi connectivity index (χ3v) is 9.20. The van der Waals surface area contributed by atoms with Gasteiger partial charge in [-0.15, -0.1) is 0 Å². The highest BCUT2D eigenvalue weighted by Gasteiger charge is 2.31. The van der Waals surface area contributed by atoms with Gasteiger partial charge in [0, 0.05) is 26.8 Å². The van der Waals surface area contributed by atoms with E-state index in [-0.39, 0.29) is 67.2 Å². The van der Waals surface area contributed by atoms with Crippen LogP contribution >= 0.6 is 47.8 Å². The second-order valence-corrected chi connectivity index (χ2v) is 14.6. The van der Waals surface area contributed by atoms with Gasteiger partial charge in [0.1, 0.15) is 45.3 Å². The summed E-state index contributed by atoms with van der Waals surface area (Å²) in [6.45, 7) is 13.4. The van der Waals surface area contributed by atoms with Gasteiger partial charge < -0.3 is 29.4 Å². The minimum atomic E-state index is -0.750. The molecule has 0 saturated carbocycles. The third-order valence-electron chi connectivity index (χ3n) is 7.83. The SMILES string of the molecule is C.C1CCOC1.C=CCOc1cccc(CN(C(=O)OCC)c2cc(Br)nc(Br)c2[N+](=O)[O-])c1.C=CCOc1cccc(CN(C(=O)OCC)c2cc(Br)nc(N)c2[N+](=O)[O-])c1.[2HH]. The first-order valence-corrected chi connectivity index (χ1v) is 20.8. The third kappa shape index (κ3) is 16.3. The molecular weight excluding hydrogens is 1010 g/mol. The van der Waals surface area contributed by atoms with Crippen molar-refractivity contribution in [3.63, 3.8) is 0 Å². The quantitative estimate of drug-likeness (QED) is 0.0477. The van der Waals surface area contributed by atoms with E-state index in [0.717, 1.165) is 18.1 Å². The van der Waals surface area contributed by atoms with Crippen LogP contribution < -0.4 is 25.0 Å². The van der Waals surface area contributed by atoms with Gasteiger partial charge in [0.25, 0.3) is 0 Å². The molecule has 4 aromatic rings. The Morgan fingerprint density at radius 2 is 1.23 bits per heavy atom. The molecule has 18 nitrogen and oxygen atoms in total. The number of hydrogen-bond acceptors (Lipinski definition) is 14. The Morgan fingerprint density at radius 1 is 0.790 bits per heavy atom. The van der Waals surface area contributed by atoms with Gasteiger partial charge in [-0.05, 0) is 110 Å². The van der Waals surface area contributed by atoms with Crippen molar-refractivity contribution in [1.82, 2.24) is 9.97 Å². The van der Waals surface area contributed by atoms with Crippen molar-refractivity contribution >= 4 is 88.5 Å². The maximum atomic E-state index is 12.6. The molecule has 1 fully saturated rings. The second kappa shape index (κ2) is 27.3. The van der Waals surface area contributed by atoms with E-state index in [4.69, 9.17) is 29.4 Å². The van der Waals surface area contributed by atoms with Crippen molar-refractivity contribution in [1.29, 1.82) is 0 Å². The van der Waals surface area contributed by atoms with Crippen LogP contribution in [0.5, 0.6) is 11.5 Å². The van der Waals surface area contributed by atoms with Gasteiger partial charge in [-0.25, -0.2) is 19.6 Å². The van der Waals surface area contributed by atoms with E-state index >= 15 is 0 Å². The van der Waals surface area contributed by atoms with Crippen molar-refractivity contribution in [2.24, 2.45) is 0 Å². The number of aromatic nitrogens is 2. The molecule has 0 radical (unpaired) electrons. The molecule has 2 N–H and O–H groups in total. The predicted octanol–water partition coefficient (Wildman–Crippen LogP) is 11.0. The van der Waals surface area contributed by atoms with Crippen LogP contribution in [0.15, 0.2) is 99.8 Å². The number of ether oxygens (including phenoxy) is 5. The van der Waals surface area contributed by atoms with Gasteiger partial charge in [0.15, 0.2) is 4.60 Å². The molecule has 1 aliphatic rings. The van der Waals surface area contributed by atoms with Crippen LogP contribution in [0.25, 0.3) is 0 Å². The van der Waals surface area contributed by atoms with E-state index in [1.807, 2.05) is 0 Å². The lowest BCUT2D eigenvalue weighted by molar-refractivity contribution is -0.385. The summed E-state index contributed by atoms with van der Waals surface area (Å²) >= 11 is 9.45. The lowest BCUT2D eigenvalue weighted by Gasteiger charge is -2.22. The smallest absolute Gasteiger partial charge is 0.414 e. The van der Waals surface area contributed by atoms with Crippen LogP contribution in [0.1, 0.15) is 46.7 Å². The molecule has 0 bridgehead atoms. The Hall–Kier alpha value is -5.64.